The van der Waals surface area contributed by atoms with Crippen molar-refractivity contribution in [2.45, 2.75) is 52.5 Å². The van der Waals surface area contributed by atoms with Gasteiger partial charge in [-0.15, -0.1) is 0 Å². The highest BCUT2D eigenvalue weighted by Gasteiger charge is 2.08. The van der Waals surface area contributed by atoms with E-state index in [1.165, 1.54) is 12.8 Å². The third-order valence-electron chi connectivity index (χ3n) is 2.50. The van der Waals surface area contributed by atoms with E-state index in [0.717, 1.165) is 18.4 Å². The van der Waals surface area contributed by atoms with E-state index in [1.54, 1.807) is 0 Å². The number of hydrogen-bond donors (Lipinski definition) is 2. The van der Waals surface area contributed by atoms with Crippen molar-refractivity contribution in [3.8, 4) is 0 Å². The highest BCUT2D eigenvalue weighted by molar-refractivity contribution is 5.98. The minimum atomic E-state index is 0.311. The molecule has 2 nitrogen and oxygen atoms in total. The summed E-state index contributed by atoms with van der Waals surface area (Å²) >= 11 is 0. The zero-order chi connectivity index (χ0) is 11.1. The maximum absolute atomic E-state index is 7.75. The first-order chi connectivity index (χ1) is 6.45. The Kier molecular flexibility index (Phi) is 6.46. The molecule has 0 aromatic rings. The van der Waals surface area contributed by atoms with Gasteiger partial charge in [0.2, 0.25) is 0 Å². The molecule has 0 saturated carbocycles. The molecule has 0 aliphatic heterocycles. The molecule has 0 spiro atoms. The van der Waals surface area contributed by atoms with Gasteiger partial charge in [-0.25, -0.2) is 0 Å². The van der Waals surface area contributed by atoms with Gasteiger partial charge >= 0.3 is 0 Å². The van der Waals surface area contributed by atoms with Crippen LogP contribution < -0.4 is 5.73 Å². The Bertz CT molecular complexity index is 194. The van der Waals surface area contributed by atoms with Crippen molar-refractivity contribution in [2.24, 2.45) is 11.7 Å². The van der Waals surface area contributed by atoms with E-state index in [1.807, 2.05) is 13.8 Å². The summed E-state index contributed by atoms with van der Waals surface area (Å²) in [4.78, 5) is 0. The molecule has 14 heavy (non-hydrogen) atoms. The molecule has 0 fully saturated rings. The lowest BCUT2D eigenvalue weighted by Crippen LogP contribution is -2.15. The Balaban J connectivity index is 3.59. The predicted octanol–water partition coefficient (Wildman–Crippen LogP) is 3.13. The molecular weight excluding hydrogens is 172 g/mol. The summed E-state index contributed by atoms with van der Waals surface area (Å²) in [6.07, 6.45) is 4.51. The summed E-state index contributed by atoms with van der Waals surface area (Å²) < 4.78 is 0. The molecule has 2 unspecified atom stereocenters. The normalized spacial score (nSPS) is 14.9. The monoisotopic (exact) mass is 196 g/mol. The van der Waals surface area contributed by atoms with E-state index in [9.17, 15) is 0 Å². The Morgan fingerprint density at radius 3 is 2.21 bits per heavy atom. The van der Waals surface area contributed by atoms with Gasteiger partial charge in [0.25, 0.3) is 0 Å². The van der Waals surface area contributed by atoms with Crippen LogP contribution >= 0.6 is 0 Å². The summed E-state index contributed by atoms with van der Waals surface area (Å²) in [6.45, 7) is 9.83. The van der Waals surface area contributed by atoms with Crippen LogP contribution in [0.4, 0.5) is 0 Å². The van der Waals surface area contributed by atoms with Crippen LogP contribution in [0.25, 0.3) is 0 Å². The molecule has 0 radical (unpaired) electrons. The van der Waals surface area contributed by atoms with Crippen LogP contribution in [0.2, 0.25) is 0 Å². The smallest absolute Gasteiger partial charge is 0.0365 e. The van der Waals surface area contributed by atoms with Gasteiger partial charge in [-0.3, -0.25) is 0 Å². The maximum atomic E-state index is 7.75. The molecule has 0 rings (SSSR count). The fourth-order valence-electron chi connectivity index (χ4n) is 1.48. The van der Waals surface area contributed by atoms with Gasteiger partial charge in [-0.2, -0.15) is 0 Å². The fourth-order valence-corrected chi connectivity index (χ4v) is 1.48. The largest absolute Gasteiger partial charge is 0.328 e. The molecule has 0 aromatic heterocycles. The molecular formula is C12H24N2. The first-order valence-corrected chi connectivity index (χ1v) is 5.45. The standard InChI is InChI=1S/C12H24N2/c1-9(2)12(14)10(3)7-5-6-8-11(4)13/h10-11,14H,1,5-8,13H2,2-4H3. The third kappa shape index (κ3) is 5.92. The Morgan fingerprint density at radius 1 is 1.29 bits per heavy atom. The summed E-state index contributed by atoms with van der Waals surface area (Å²) in [6, 6.07) is 0.311. The van der Waals surface area contributed by atoms with E-state index < -0.39 is 0 Å². The van der Waals surface area contributed by atoms with Crippen molar-refractivity contribution in [1.29, 1.82) is 5.41 Å². The number of allylic oxidation sites excluding steroid dienone is 1. The summed E-state index contributed by atoms with van der Waals surface area (Å²) in [5, 5.41) is 7.75. The summed E-state index contributed by atoms with van der Waals surface area (Å²) in [7, 11) is 0. The minimum Gasteiger partial charge on any atom is -0.328 e. The second-order valence-electron chi connectivity index (χ2n) is 4.36. The lowest BCUT2D eigenvalue weighted by atomic mass is 9.94. The molecule has 2 atom stereocenters. The maximum Gasteiger partial charge on any atom is 0.0365 e. The average Bonchev–Trinajstić information content (AvgIpc) is 2.10. The van der Waals surface area contributed by atoms with E-state index in [-0.39, 0.29) is 0 Å². The van der Waals surface area contributed by atoms with Crippen molar-refractivity contribution >= 4 is 5.71 Å². The van der Waals surface area contributed by atoms with Gasteiger partial charge in [0.05, 0.1) is 0 Å². The number of nitrogens with one attached hydrogen (secondary N) is 1. The van der Waals surface area contributed by atoms with Gasteiger partial charge in [-0.1, -0.05) is 26.3 Å². The first-order valence-electron chi connectivity index (χ1n) is 5.45. The second kappa shape index (κ2) is 6.77. The van der Waals surface area contributed by atoms with Gasteiger partial charge < -0.3 is 11.1 Å². The fraction of sp³-hybridized carbons (Fsp3) is 0.750. The molecule has 3 N–H and O–H groups in total. The van der Waals surface area contributed by atoms with Crippen molar-refractivity contribution in [3.63, 3.8) is 0 Å². The molecule has 0 bridgehead atoms. The molecule has 2 heteroatoms. The van der Waals surface area contributed by atoms with Gasteiger partial charge in [0.15, 0.2) is 0 Å². The molecule has 0 aliphatic carbocycles. The van der Waals surface area contributed by atoms with Crippen LogP contribution in [-0.2, 0) is 0 Å². The molecule has 0 saturated heterocycles. The lowest BCUT2D eigenvalue weighted by Gasteiger charge is -2.13. The van der Waals surface area contributed by atoms with Gasteiger partial charge in [-0.05, 0) is 38.2 Å². The number of nitrogens with two attached hydrogens (primary N) is 1. The Labute approximate surface area is 88.1 Å². The van der Waals surface area contributed by atoms with E-state index in [4.69, 9.17) is 11.1 Å². The Morgan fingerprint density at radius 2 is 1.79 bits per heavy atom. The molecule has 82 valence electrons. The second-order valence-corrected chi connectivity index (χ2v) is 4.36. The number of rotatable bonds is 7. The van der Waals surface area contributed by atoms with Crippen LogP contribution in [0.1, 0.15) is 46.5 Å². The molecule has 0 aliphatic rings. The molecule has 0 heterocycles. The van der Waals surface area contributed by atoms with Crippen LogP contribution in [0.5, 0.6) is 0 Å². The van der Waals surface area contributed by atoms with Crippen LogP contribution in [0, 0.1) is 11.3 Å². The van der Waals surface area contributed by atoms with Crippen LogP contribution in [0.15, 0.2) is 12.2 Å². The summed E-state index contributed by atoms with van der Waals surface area (Å²) in [5.41, 5.74) is 7.25. The van der Waals surface area contributed by atoms with Crippen molar-refractivity contribution in [3.05, 3.63) is 12.2 Å². The minimum absolute atomic E-state index is 0.311. The van der Waals surface area contributed by atoms with E-state index in [0.29, 0.717) is 17.7 Å². The number of hydrogen-bond acceptors (Lipinski definition) is 2. The van der Waals surface area contributed by atoms with Crippen molar-refractivity contribution in [1.82, 2.24) is 0 Å². The first kappa shape index (κ1) is 13.4. The van der Waals surface area contributed by atoms with Crippen molar-refractivity contribution in [2.75, 3.05) is 0 Å². The Hall–Kier alpha value is -0.630. The molecule has 0 aromatic carbocycles. The number of unbranched alkanes of at least 4 members (excludes halogenated alkanes) is 1. The third-order valence-corrected chi connectivity index (χ3v) is 2.50. The van der Waals surface area contributed by atoms with Gasteiger partial charge in [0.1, 0.15) is 0 Å². The highest BCUT2D eigenvalue weighted by atomic mass is 14.6. The molecule has 0 amide bonds. The van der Waals surface area contributed by atoms with E-state index in [2.05, 4.69) is 13.5 Å². The van der Waals surface area contributed by atoms with Gasteiger partial charge in [0, 0.05) is 11.8 Å². The SMILES string of the molecule is C=C(C)C(=N)C(C)CCCCC(C)N. The zero-order valence-corrected chi connectivity index (χ0v) is 9.77. The summed E-state index contributed by atoms with van der Waals surface area (Å²) in [5.74, 6) is 0.348. The van der Waals surface area contributed by atoms with Crippen molar-refractivity contribution < 1.29 is 0 Å². The zero-order valence-electron chi connectivity index (χ0n) is 9.77. The van der Waals surface area contributed by atoms with Crippen LogP contribution in [-0.4, -0.2) is 11.8 Å². The average molecular weight is 196 g/mol. The van der Waals surface area contributed by atoms with E-state index >= 15 is 0 Å². The van der Waals surface area contributed by atoms with Crippen LogP contribution in [0.3, 0.4) is 0 Å². The highest BCUT2D eigenvalue weighted by Crippen LogP contribution is 2.14. The topological polar surface area (TPSA) is 49.9 Å². The predicted molar refractivity (Wildman–Crippen MR) is 63.8 cm³/mol. The quantitative estimate of drug-likeness (QED) is 0.477. The lowest BCUT2D eigenvalue weighted by molar-refractivity contribution is 0.547.